The number of piperidine rings is 1. The lowest BCUT2D eigenvalue weighted by atomic mass is 10.0. The molecule has 144 valence electrons. The van der Waals surface area contributed by atoms with Gasteiger partial charge < -0.3 is 15.4 Å². The lowest BCUT2D eigenvalue weighted by Gasteiger charge is -2.31. The lowest BCUT2D eigenvalue weighted by molar-refractivity contribution is -0.124. The third kappa shape index (κ3) is 6.29. The number of carbonyl (C=O) groups is 2. The van der Waals surface area contributed by atoms with Crippen LogP contribution in [0.1, 0.15) is 31.7 Å². The van der Waals surface area contributed by atoms with Gasteiger partial charge in [-0.05, 0) is 37.0 Å². The number of amides is 2. The topological polar surface area (TPSA) is 70.7 Å². The smallest absolute Gasteiger partial charge is 0.234 e. The summed E-state index contributed by atoms with van der Waals surface area (Å²) in [6.45, 7) is 4.70. The van der Waals surface area contributed by atoms with E-state index in [9.17, 15) is 14.0 Å². The number of hydrogen-bond donors (Lipinski definition) is 2. The van der Waals surface area contributed by atoms with E-state index < -0.39 is 5.82 Å². The van der Waals surface area contributed by atoms with Gasteiger partial charge in [-0.25, -0.2) is 4.39 Å². The number of benzene rings is 1. The zero-order valence-electron chi connectivity index (χ0n) is 15.5. The quantitative estimate of drug-likeness (QED) is 0.732. The van der Waals surface area contributed by atoms with E-state index in [0.29, 0.717) is 18.7 Å². The highest BCUT2D eigenvalue weighted by Gasteiger charge is 2.22. The Bertz CT molecular complexity index is 616. The molecule has 0 bridgehead atoms. The van der Waals surface area contributed by atoms with Crippen LogP contribution in [0.5, 0.6) is 5.75 Å². The van der Waals surface area contributed by atoms with Crippen LogP contribution in [0.4, 0.5) is 4.39 Å². The van der Waals surface area contributed by atoms with Crippen molar-refractivity contribution in [2.75, 3.05) is 33.3 Å². The molecule has 2 amide bonds. The van der Waals surface area contributed by atoms with Gasteiger partial charge in [0.2, 0.25) is 11.8 Å². The normalized spacial score (nSPS) is 15.5. The summed E-state index contributed by atoms with van der Waals surface area (Å²) in [7, 11) is 1.41. The molecule has 0 aromatic heterocycles. The predicted octanol–water partition coefficient (Wildman–Crippen LogP) is 1.48. The molecular weight excluding hydrogens is 337 g/mol. The van der Waals surface area contributed by atoms with Crippen molar-refractivity contribution in [1.82, 2.24) is 15.5 Å². The lowest BCUT2D eigenvalue weighted by Crippen LogP contribution is -2.47. The first-order chi connectivity index (χ1) is 12.5. The first-order valence-electron chi connectivity index (χ1n) is 9.12. The van der Waals surface area contributed by atoms with Crippen LogP contribution < -0.4 is 15.4 Å². The molecule has 2 rings (SSSR count). The molecule has 1 saturated heterocycles. The Morgan fingerprint density at radius 1 is 1.27 bits per heavy atom. The Kier molecular flexibility index (Phi) is 7.84. The Hall–Kier alpha value is -2.15. The molecule has 1 aromatic carbocycles. The van der Waals surface area contributed by atoms with Crippen LogP contribution >= 0.6 is 0 Å². The van der Waals surface area contributed by atoms with Gasteiger partial charge in [0.15, 0.2) is 11.6 Å². The van der Waals surface area contributed by atoms with E-state index >= 15 is 0 Å². The van der Waals surface area contributed by atoms with E-state index in [4.69, 9.17) is 4.74 Å². The van der Waals surface area contributed by atoms with Crippen molar-refractivity contribution < 1.29 is 18.7 Å². The third-order valence-corrected chi connectivity index (χ3v) is 4.47. The highest BCUT2D eigenvalue weighted by molar-refractivity contribution is 5.79. The van der Waals surface area contributed by atoms with Crippen molar-refractivity contribution in [3.8, 4) is 5.75 Å². The first kappa shape index (κ1) is 20.2. The fourth-order valence-corrected chi connectivity index (χ4v) is 3.04. The number of ether oxygens (including phenoxy) is 1. The molecule has 1 heterocycles. The van der Waals surface area contributed by atoms with Crippen LogP contribution in [0.3, 0.4) is 0 Å². The highest BCUT2D eigenvalue weighted by Crippen LogP contribution is 2.18. The van der Waals surface area contributed by atoms with Crippen LogP contribution in [0.15, 0.2) is 18.2 Å². The number of methoxy groups -OCH3 is 1. The molecule has 7 heteroatoms. The third-order valence-electron chi connectivity index (χ3n) is 4.47. The average Bonchev–Trinajstić information content (AvgIpc) is 2.62. The molecule has 2 N–H and O–H groups in total. The van der Waals surface area contributed by atoms with Crippen molar-refractivity contribution in [3.05, 3.63) is 29.6 Å². The van der Waals surface area contributed by atoms with Crippen molar-refractivity contribution in [3.63, 3.8) is 0 Å². The number of rotatable bonds is 8. The van der Waals surface area contributed by atoms with Crippen molar-refractivity contribution in [1.29, 1.82) is 0 Å². The minimum Gasteiger partial charge on any atom is -0.494 e. The fourth-order valence-electron chi connectivity index (χ4n) is 3.04. The Morgan fingerprint density at radius 2 is 2.00 bits per heavy atom. The monoisotopic (exact) mass is 365 g/mol. The van der Waals surface area contributed by atoms with Gasteiger partial charge in [0.05, 0.1) is 20.1 Å². The van der Waals surface area contributed by atoms with Gasteiger partial charge in [-0.2, -0.15) is 0 Å². The maximum absolute atomic E-state index is 13.7. The molecule has 0 radical (unpaired) electrons. The summed E-state index contributed by atoms with van der Waals surface area (Å²) in [5.41, 5.74) is 0.617. The van der Waals surface area contributed by atoms with E-state index in [1.807, 2.05) is 6.92 Å². The van der Waals surface area contributed by atoms with Gasteiger partial charge in [-0.15, -0.1) is 0 Å². The number of nitrogens with one attached hydrogen (secondary N) is 2. The minimum atomic E-state index is -0.465. The van der Waals surface area contributed by atoms with Gasteiger partial charge >= 0.3 is 0 Å². The SMILES string of the molecule is CCCNC(=O)CN1CCC(NC(=O)Cc2ccc(OC)c(F)c2)CC1. The zero-order chi connectivity index (χ0) is 18.9. The molecule has 26 heavy (non-hydrogen) atoms. The van der Waals surface area contributed by atoms with E-state index in [-0.39, 0.29) is 30.0 Å². The molecular formula is C19H28FN3O3. The fraction of sp³-hybridized carbons (Fsp3) is 0.579. The molecule has 1 aliphatic rings. The van der Waals surface area contributed by atoms with Crippen LogP contribution in [-0.2, 0) is 16.0 Å². The van der Waals surface area contributed by atoms with Gasteiger partial charge in [0, 0.05) is 25.7 Å². The van der Waals surface area contributed by atoms with Crippen LogP contribution in [0, 0.1) is 5.82 Å². The molecule has 6 nitrogen and oxygen atoms in total. The molecule has 0 spiro atoms. The van der Waals surface area contributed by atoms with Crippen molar-refractivity contribution in [2.24, 2.45) is 0 Å². The highest BCUT2D eigenvalue weighted by atomic mass is 19.1. The average molecular weight is 365 g/mol. The molecule has 1 fully saturated rings. The number of carbonyl (C=O) groups excluding carboxylic acids is 2. The van der Waals surface area contributed by atoms with E-state index in [0.717, 1.165) is 32.4 Å². The van der Waals surface area contributed by atoms with Gasteiger partial charge in [-0.3, -0.25) is 14.5 Å². The molecule has 0 unspecified atom stereocenters. The number of halogens is 1. The van der Waals surface area contributed by atoms with Gasteiger partial charge in [0.25, 0.3) is 0 Å². The Balaban J connectivity index is 1.72. The number of nitrogens with zero attached hydrogens (tertiary/aromatic N) is 1. The molecule has 1 aromatic rings. The summed E-state index contributed by atoms with van der Waals surface area (Å²) >= 11 is 0. The van der Waals surface area contributed by atoms with Gasteiger partial charge in [0.1, 0.15) is 0 Å². The molecule has 0 atom stereocenters. The summed E-state index contributed by atoms with van der Waals surface area (Å²) in [4.78, 5) is 26.0. The Morgan fingerprint density at radius 3 is 2.62 bits per heavy atom. The summed E-state index contributed by atoms with van der Waals surface area (Å²) in [6.07, 6.45) is 2.69. The van der Waals surface area contributed by atoms with Crippen molar-refractivity contribution >= 4 is 11.8 Å². The summed E-state index contributed by atoms with van der Waals surface area (Å²) in [5, 5.41) is 5.88. The van der Waals surface area contributed by atoms with Crippen molar-refractivity contribution in [2.45, 2.75) is 38.6 Å². The number of likely N-dealkylation sites (tertiary alicyclic amines) is 1. The van der Waals surface area contributed by atoms with E-state index in [1.54, 1.807) is 6.07 Å². The minimum absolute atomic E-state index is 0.0517. The molecule has 1 aliphatic heterocycles. The Labute approximate surface area is 154 Å². The largest absolute Gasteiger partial charge is 0.494 e. The number of hydrogen-bond acceptors (Lipinski definition) is 4. The second kappa shape index (κ2) is 10.1. The molecule has 0 aliphatic carbocycles. The van der Waals surface area contributed by atoms with Crippen LogP contribution in [-0.4, -0.2) is 56.0 Å². The summed E-state index contributed by atoms with van der Waals surface area (Å²) in [5.74, 6) is -0.360. The van der Waals surface area contributed by atoms with Crippen LogP contribution in [0.25, 0.3) is 0 Å². The van der Waals surface area contributed by atoms with Gasteiger partial charge in [-0.1, -0.05) is 13.0 Å². The van der Waals surface area contributed by atoms with Crippen LogP contribution in [0.2, 0.25) is 0 Å². The maximum Gasteiger partial charge on any atom is 0.234 e. The second-order valence-electron chi connectivity index (χ2n) is 6.61. The maximum atomic E-state index is 13.7. The first-order valence-corrected chi connectivity index (χ1v) is 9.12. The standard InChI is InChI=1S/C19H28FN3O3/c1-3-8-21-19(25)13-23-9-6-15(7-10-23)22-18(24)12-14-4-5-17(26-2)16(20)11-14/h4-5,11,15H,3,6-10,12-13H2,1-2H3,(H,21,25)(H,22,24). The summed E-state index contributed by atoms with van der Waals surface area (Å²) in [6, 6.07) is 4.65. The molecule has 0 saturated carbocycles. The van der Waals surface area contributed by atoms with E-state index in [1.165, 1.54) is 19.2 Å². The predicted molar refractivity (Wildman–Crippen MR) is 97.6 cm³/mol. The summed E-state index contributed by atoms with van der Waals surface area (Å²) < 4.78 is 18.6. The second-order valence-corrected chi connectivity index (χ2v) is 6.61. The zero-order valence-corrected chi connectivity index (χ0v) is 15.5. The van der Waals surface area contributed by atoms with E-state index in [2.05, 4.69) is 15.5 Å².